The summed E-state index contributed by atoms with van der Waals surface area (Å²) in [7, 11) is 1.63. The van der Waals surface area contributed by atoms with Gasteiger partial charge in [-0.05, 0) is 12.1 Å². The maximum atomic E-state index is 5.18. The van der Waals surface area contributed by atoms with Gasteiger partial charge in [0.15, 0.2) is 0 Å². The Labute approximate surface area is 66.0 Å². The van der Waals surface area contributed by atoms with E-state index in [2.05, 4.69) is 11.1 Å². The van der Waals surface area contributed by atoms with Crippen molar-refractivity contribution in [2.24, 2.45) is 0 Å². The molecule has 0 aliphatic heterocycles. The summed E-state index contributed by atoms with van der Waals surface area (Å²) in [6.45, 7) is 1.11. The summed E-state index contributed by atoms with van der Waals surface area (Å²) in [4.78, 5) is 3.94. The standard InChI is InChI=1S/C8H10NO2/c1-10-6-7-11-8-4-2-3-5-9-8/h3-5H,6-7H2,1H3. The van der Waals surface area contributed by atoms with Crippen molar-refractivity contribution >= 4 is 0 Å². The molecule has 0 unspecified atom stereocenters. The average Bonchev–Trinajstić information content (AvgIpc) is 2.07. The van der Waals surface area contributed by atoms with Crippen LogP contribution in [0.4, 0.5) is 0 Å². The molecule has 0 atom stereocenters. The summed E-state index contributed by atoms with van der Waals surface area (Å²) in [5.41, 5.74) is 0. The maximum absolute atomic E-state index is 5.18. The number of aromatic nitrogens is 1. The predicted octanol–water partition coefficient (Wildman–Crippen LogP) is 0.907. The molecule has 59 valence electrons. The Morgan fingerprint density at radius 2 is 2.45 bits per heavy atom. The second-order valence-electron chi connectivity index (χ2n) is 1.94. The topological polar surface area (TPSA) is 31.4 Å². The Morgan fingerprint density at radius 1 is 1.55 bits per heavy atom. The lowest BCUT2D eigenvalue weighted by atomic mass is 10.5. The van der Waals surface area contributed by atoms with Crippen molar-refractivity contribution in [3.05, 3.63) is 24.4 Å². The maximum Gasteiger partial charge on any atom is 0.213 e. The van der Waals surface area contributed by atoms with Crippen molar-refractivity contribution in [1.82, 2.24) is 4.98 Å². The Balaban J connectivity index is 2.28. The van der Waals surface area contributed by atoms with E-state index in [-0.39, 0.29) is 0 Å². The fourth-order valence-corrected chi connectivity index (χ4v) is 0.619. The summed E-state index contributed by atoms with van der Waals surface area (Å²) >= 11 is 0. The van der Waals surface area contributed by atoms with E-state index in [0.717, 1.165) is 0 Å². The average molecular weight is 152 g/mol. The van der Waals surface area contributed by atoms with Gasteiger partial charge in [0, 0.05) is 19.4 Å². The zero-order valence-corrected chi connectivity index (χ0v) is 6.41. The third-order valence-electron chi connectivity index (χ3n) is 1.12. The first-order chi connectivity index (χ1) is 5.43. The molecule has 0 fully saturated rings. The summed E-state index contributed by atoms with van der Waals surface area (Å²) in [5, 5.41) is 0. The molecule has 11 heavy (non-hydrogen) atoms. The first kappa shape index (κ1) is 8.01. The fourth-order valence-electron chi connectivity index (χ4n) is 0.619. The Hall–Kier alpha value is -1.09. The lowest BCUT2D eigenvalue weighted by Crippen LogP contribution is -2.04. The molecule has 0 aromatic carbocycles. The third-order valence-corrected chi connectivity index (χ3v) is 1.12. The van der Waals surface area contributed by atoms with Gasteiger partial charge < -0.3 is 9.47 Å². The minimum Gasteiger partial charge on any atom is -0.475 e. The van der Waals surface area contributed by atoms with E-state index in [9.17, 15) is 0 Å². The van der Waals surface area contributed by atoms with E-state index in [1.807, 2.05) is 0 Å². The zero-order valence-electron chi connectivity index (χ0n) is 6.41. The minimum absolute atomic E-state index is 0.529. The highest BCUT2D eigenvalue weighted by Crippen LogP contribution is 2.01. The molecule has 0 aliphatic carbocycles. The molecule has 0 saturated heterocycles. The Morgan fingerprint density at radius 3 is 3.09 bits per heavy atom. The van der Waals surface area contributed by atoms with Crippen molar-refractivity contribution in [3.63, 3.8) is 0 Å². The third kappa shape index (κ3) is 3.00. The van der Waals surface area contributed by atoms with Crippen molar-refractivity contribution in [3.8, 4) is 5.88 Å². The molecule has 3 heteroatoms. The normalized spacial score (nSPS) is 9.55. The van der Waals surface area contributed by atoms with Gasteiger partial charge in [-0.2, -0.15) is 0 Å². The number of rotatable bonds is 4. The van der Waals surface area contributed by atoms with Crippen LogP contribution in [0.15, 0.2) is 18.3 Å². The van der Waals surface area contributed by atoms with E-state index in [1.54, 1.807) is 25.4 Å². The molecular weight excluding hydrogens is 142 g/mol. The van der Waals surface area contributed by atoms with Gasteiger partial charge in [-0.15, -0.1) is 0 Å². The van der Waals surface area contributed by atoms with Crippen molar-refractivity contribution in [2.75, 3.05) is 20.3 Å². The molecule has 0 aliphatic rings. The number of hydrogen-bond acceptors (Lipinski definition) is 3. The molecule has 0 saturated carbocycles. The number of ether oxygens (including phenoxy) is 2. The van der Waals surface area contributed by atoms with Gasteiger partial charge in [-0.3, -0.25) is 0 Å². The molecule has 1 aromatic heterocycles. The van der Waals surface area contributed by atoms with Gasteiger partial charge in [0.1, 0.15) is 6.61 Å². The summed E-state index contributed by atoms with van der Waals surface area (Å²) < 4.78 is 9.98. The highest BCUT2D eigenvalue weighted by molar-refractivity contribution is 5.07. The van der Waals surface area contributed by atoms with Crippen molar-refractivity contribution in [2.45, 2.75) is 0 Å². The van der Waals surface area contributed by atoms with E-state index < -0.39 is 0 Å². The SMILES string of the molecule is COCCOc1c[c]ccn1. The molecule has 1 aromatic rings. The fraction of sp³-hybridized carbons (Fsp3) is 0.375. The number of pyridine rings is 1. The molecule has 3 nitrogen and oxygen atoms in total. The molecule has 0 amide bonds. The largest absolute Gasteiger partial charge is 0.475 e. The van der Waals surface area contributed by atoms with Crippen LogP contribution in [0, 0.1) is 6.07 Å². The smallest absolute Gasteiger partial charge is 0.213 e. The van der Waals surface area contributed by atoms with Crippen molar-refractivity contribution < 1.29 is 9.47 Å². The van der Waals surface area contributed by atoms with Gasteiger partial charge >= 0.3 is 0 Å². The lowest BCUT2D eigenvalue weighted by Gasteiger charge is -2.02. The molecule has 1 heterocycles. The molecular formula is C8H10NO2. The minimum atomic E-state index is 0.529. The second kappa shape index (κ2) is 4.68. The molecule has 1 rings (SSSR count). The van der Waals surface area contributed by atoms with Crippen LogP contribution in [0.1, 0.15) is 0 Å². The van der Waals surface area contributed by atoms with E-state index in [1.165, 1.54) is 0 Å². The molecule has 0 spiro atoms. The lowest BCUT2D eigenvalue weighted by molar-refractivity contribution is 0.143. The molecule has 0 N–H and O–H groups in total. The zero-order chi connectivity index (χ0) is 7.94. The highest BCUT2D eigenvalue weighted by atomic mass is 16.5. The van der Waals surface area contributed by atoms with Gasteiger partial charge in [0.2, 0.25) is 5.88 Å². The van der Waals surface area contributed by atoms with Gasteiger partial charge in [0.05, 0.1) is 6.61 Å². The summed E-state index contributed by atoms with van der Waals surface area (Å²) in [5.74, 6) is 0.588. The van der Waals surface area contributed by atoms with Crippen LogP contribution in [0.25, 0.3) is 0 Å². The first-order valence-electron chi connectivity index (χ1n) is 3.37. The predicted molar refractivity (Wildman–Crippen MR) is 40.4 cm³/mol. The number of hydrogen-bond donors (Lipinski definition) is 0. The van der Waals surface area contributed by atoms with Crippen LogP contribution < -0.4 is 4.74 Å². The quantitative estimate of drug-likeness (QED) is 0.601. The van der Waals surface area contributed by atoms with Gasteiger partial charge in [-0.1, -0.05) is 0 Å². The van der Waals surface area contributed by atoms with Crippen LogP contribution in [0.2, 0.25) is 0 Å². The van der Waals surface area contributed by atoms with Crippen LogP contribution in [-0.4, -0.2) is 25.3 Å². The van der Waals surface area contributed by atoms with Crippen LogP contribution in [-0.2, 0) is 4.74 Å². The van der Waals surface area contributed by atoms with Crippen LogP contribution in [0.5, 0.6) is 5.88 Å². The Kier molecular flexibility index (Phi) is 3.41. The molecule has 0 bridgehead atoms. The van der Waals surface area contributed by atoms with Gasteiger partial charge in [0.25, 0.3) is 0 Å². The summed E-state index contributed by atoms with van der Waals surface area (Å²) in [6, 6.07) is 6.28. The van der Waals surface area contributed by atoms with E-state index >= 15 is 0 Å². The van der Waals surface area contributed by atoms with E-state index in [0.29, 0.717) is 19.1 Å². The van der Waals surface area contributed by atoms with Crippen LogP contribution >= 0.6 is 0 Å². The van der Waals surface area contributed by atoms with Gasteiger partial charge in [-0.25, -0.2) is 4.98 Å². The highest BCUT2D eigenvalue weighted by Gasteiger charge is 1.90. The number of nitrogens with zero attached hydrogens (tertiary/aromatic N) is 1. The monoisotopic (exact) mass is 152 g/mol. The van der Waals surface area contributed by atoms with Crippen LogP contribution in [0.3, 0.4) is 0 Å². The second-order valence-corrected chi connectivity index (χ2v) is 1.94. The molecule has 1 radical (unpaired) electrons. The summed E-state index contributed by atoms with van der Waals surface area (Å²) in [6.07, 6.45) is 1.64. The van der Waals surface area contributed by atoms with Crippen molar-refractivity contribution in [1.29, 1.82) is 0 Å². The van der Waals surface area contributed by atoms with E-state index in [4.69, 9.17) is 9.47 Å². The first-order valence-corrected chi connectivity index (χ1v) is 3.37. The Bertz CT molecular complexity index is 189. The number of methoxy groups -OCH3 is 1.